The van der Waals surface area contributed by atoms with Crippen LogP contribution in [0.2, 0.25) is 0 Å². The summed E-state index contributed by atoms with van der Waals surface area (Å²) in [6, 6.07) is 8.84. The van der Waals surface area contributed by atoms with E-state index in [1.54, 1.807) is 24.2 Å². The zero-order valence-electron chi connectivity index (χ0n) is 12.8. The number of fused-ring (bicyclic) bond motifs is 1. The normalized spacial score (nSPS) is 13.5. The summed E-state index contributed by atoms with van der Waals surface area (Å²) in [4.78, 5) is 30.6. The molecular formula is C16H16N4O2S. The molecule has 23 heavy (non-hydrogen) atoms. The quantitative estimate of drug-likeness (QED) is 0.888. The standard InChI is InChI=1S/C16H16N4O2S/c1-10-4-3-7-17-15(10)19-16(22)18-11-5-6-13-12(8-11)20(2)14(21)9-23-13/h3-8H,9H2,1-2H3,(H2,17,18,19,22). The number of thioether (sulfide) groups is 1. The number of aryl methyl sites for hydroxylation is 1. The maximum absolute atomic E-state index is 12.1. The van der Waals surface area contributed by atoms with E-state index in [-0.39, 0.29) is 11.9 Å². The van der Waals surface area contributed by atoms with Crippen LogP contribution in [0.5, 0.6) is 0 Å². The minimum atomic E-state index is -0.371. The maximum atomic E-state index is 12.1. The van der Waals surface area contributed by atoms with E-state index in [2.05, 4.69) is 15.6 Å². The highest BCUT2D eigenvalue weighted by molar-refractivity contribution is 8.00. The first kappa shape index (κ1) is 15.4. The molecule has 0 unspecified atom stereocenters. The number of carbonyl (C=O) groups is 2. The van der Waals surface area contributed by atoms with Crippen molar-refractivity contribution in [3.8, 4) is 0 Å². The van der Waals surface area contributed by atoms with Gasteiger partial charge in [-0.05, 0) is 36.8 Å². The van der Waals surface area contributed by atoms with E-state index in [0.29, 0.717) is 17.3 Å². The van der Waals surface area contributed by atoms with Gasteiger partial charge in [-0.2, -0.15) is 0 Å². The molecule has 0 bridgehead atoms. The van der Waals surface area contributed by atoms with Crippen molar-refractivity contribution in [3.63, 3.8) is 0 Å². The summed E-state index contributed by atoms with van der Waals surface area (Å²) in [5, 5.41) is 5.48. The van der Waals surface area contributed by atoms with Crippen molar-refractivity contribution in [1.82, 2.24) is 4.98 Å². The average Bonchev–Trinajstić information content (AvgIpc) is 2.54. The average molecular weight is 328 g/mol. The molecule has 118 valence electrons. The second-order valence-corrected chi connectivity index (χ2v) is 6.19. The molecule has 7 heteroatoms. The van der Waals surface area contributed by atoms with Crippen LogP contribution in [-0.2, 0) is 4.79 Å². The smallest absolute Gasteiger partial charge is 0.314 e. The first-order chi connectivity index (χ1) is 11.0. The first-order valence-electron chi connectivity index (χ1n) is 7.07. The molecule has 0 saturated carbocycles. The lowest BCUT2D eigenvalue weighted by atomic mass is 10.2. The Morgan fingerprint density at radius 2 is 2.13 bits per heavy atom. The highest BCUT2D eigenvalue weighted by Gasteiger charge is 2.21. The zero-order valence-corrected chi connectivity index (χ0v) is 13.6. The van der Waals surface area contributed by atoms with Crippen LogP contribution in [0.1, 0.15) is 5.56 Å². The Hall–Kier alpha value is -2.54. The molecule has 2 N–H and O–H groups in total. The van der Waals surface area contributed by atoms with Crippen molar-refractivity contribution in [3.05, 3.63) is 42.1 Å². The summed E-state index contributed by atoms with van der Waals surface area (Å²) in [6.45, 7) is 1.87. The number of anilines is 3. The molecule has 0 atom stereocenters. The summed E-state index contributed by atoms with van der Waals surface area (Å²) in [7, 11) is 1.74. The molecule has 2 aromatic rings. The Labute approximate surface area is 138 Å². The Morgan fingerprint density at radius 1 is 1.30 bits per heavy atom. The fourth-order valence-electron chi connectivity index (χ4n) is 2.24. The van der Waals surface area contributed by atoms with Gasteiger partial charge in [0.1, 0.15) is 5.82 Å². The number of benzene rings is 1. The van der Waals surface area contributed by atoms with Gasteiger partial charge in [-0.25, -0.2) is 9.78 Å². The minimum absolute atomic E-state index is 0.0493. The lowest BCUT2D eigenvalue weighted by molar-refractivity contribution is -0.116. The lowest BCUT2D eigenvalue weighted by Crippen LogP contribution is -2.31. The minimum Gasteiger partial charge on any atom is -0.314 e. The molecule has 1 aromatic heterocycles. The summed E-state index contributed by atoms with van der Waals surface area (Å²) in [5.41, 5.74) is 2.31. The van der Waals surface area contributed by atoms with Crippen LogP contribution < -0.4 is 15.5 Å². The third-order valence-electron chi connectivity index (χ3n) is 3.54. The fraction of sp³-hybridized carbons (Fsp3) is 0.188. The number of hydrogen-bond donors (Lipinski definition) is 2. The highest BCUT2D eigenvalue weighted by Crippen LogP contribution is 2.36. The van der Waals surface area contributed by atoms with E-state index >= 15 is 0 Å². The molecule has 0 aliphatic carbocycles. The van der Waals surface area contributed by atoms with E-state index in [4.69, 9.17) is 0 Å². The van der Waals surface area contributed by atoms with Crippen LogP contribution in [0.25, 0.3) is 0 Å². The Kier molecular flexibility index (Phi) is 4.20. The van der Waals surface area contributed by atoms with Crippen molar-refractivity contribution in [2.45, 2.75) is 11.8 Å². The van der Waals surface area contributed by atoms with Crippen molar-refractivity contribution in [2.24, 2.45) is 0 Å². The molecule has 1 aliphatic heterocycles. The second kappa shape index (κ2) is 6.29. The summed E-state index contributed by atoms with van der Waals surface area (Å²) in [5.74, 6) is 1.01. The van der Waals surface area contributed by atoms with Gasteiger partial charge < -0.3 is 10.2 Å². The third-order valence-corrected chi connectivity index (χ3v) is 4.59. The van der Waals surface area contributed by atoms with Crippen molar-refractivity contribution in [2.75, 3.05) is 28.3 Å². The predicted molar refractivity (Wildman–Crippen MR) is 92.2 cm³/mol. The van der Waals surface area contributed by atoms with Gasteiger partial charge in [0.2, 0.25) is 5.91 Å². The van der Waals surface area contributed by atoms with E-state index in [1.807, 2.05) is 31.2 Å². The first-order valence-corrected chi connectivity index (χ1v) is 8.06. The van der Waals surface area contributed by atoms with Gasteiger partial charge in [0.05, 0.1) is 11.4 Å². The molecule has 2 heterocycles. The van der Waals surface area contributed by atoms with Gasteiger partial charge in [-0.3, -0.25) is 10.1 Å². The number of carbonyl (C=O) groups excluding carboxylic acids is 2. The molecule has 0 fully saturated rings. The number of nitrogens with zero attached hydrogens (tertiary/aromatic N) is 2. The number of pyridine rings is 1. The van der Waals surface area contributed by atoms with Gasteiger partial charge in [0.15, 0.2) is 0 Å². The Bertz CT molecular complexity index is 778. The van der Waals surface area contributed by atoms with Gasteiger partial charge >= 0.3 is 6.03 Å². The fourth-order valence-corrected chi connectivity index (χ4v) is 3.22. The van der Waals surface area contributed by atoms with Gasteiger partial charge in [-0.1, -0.05) is 6.07 Å². The Morgan fingerprint density at radius 3 is 2.91 bits per heavy atom. The van der Waals surface area contributed by atoms with Crippen molar-refractivity contribution < 1.29 is 9.59 Å². The summed E-state index contributed by atoms with van der Waals surface area (Å²) in [6.07, 6.45) is 1.62. The lowest BCUT2D eigenvalue weighted by Gasteiger charge is -2.25. The van der Waals surface area contributed by atoms with E-state index in [1.165, 1.54) is 11.8 Å². The molecule has 3 amide bonds. The molecule has 6 nitrogen and oxygen atoms in total. The molecule has 1 aliphatic rings. The molecular weight excluding hydrogens is 312 g/mol. The number of rotatable bonds is 2. The predicted octanol–water partition coefficient (Wildman–Crippen LogP) is 3.10. The third kappa shape index (κ3) is 3.29. The highest BCUT2D eigenvalue weighted by atomic mass is 32.2. The van der Waals surface area contributed by atoms with Crippen LogP contribution in [0.15, 0.2) is 41.4 Å². The van der Waals surface area contributed by atoms with E-state index < -0.39 is 0 Å². The summed E-state index contributed by atoms with van der Waals surface area (Å²) < 4.78 is 0. The van der Waals surface area contributed by atoms with Crippen LogP contribution in [0, 0.1) is 6.92 Å². The molecule has 0 spiro atoms. The van der Waals surface area contributed by atoms with Gasteiger partial charge in [-0.15, -0.1) is 11.8 Å². The molecule has 0 radical (unpaired) electrons. The Balaban J connectivity index is 1.75. The molecule has 0 saturated heterocycles. The van der Waals surface area contributed by atoms with Crippen LogP contribution in [-0.4, -0.2) is 29.7 Å². The van der Waals surface area contributed by atoms with E-state index in [0.717, 1.165) is 16.1 Å². The SMILES string of the molecule is Cc1cccnc1NC(=O)Nc1ccc2c(c1)N(C)C(=O)CS2. The van der Waals surface area contributed by atoms with Crippen molar-refractivity contribution in [1.29, 1.82) is 0 Å². The molecule has 1 aromatic carbocycles. The second-order valence-electron chi connectivity index (χ2n) is 5.17. The maximum Gasteiger partial charge on any atom is 0.324 e. The largest absolute Gasteiger partial charge is 0.324 e. The van der Waals surface area contributed by atoms with Gasteiger partial charge in [0, 0.05) is 23.8 Å². The zero-order chi connectivity index (χ0) is 16.4. The number of aromatic nitrogens is 1. The number of hydrogen-bond acceptors (Lipinski definition) is 4. The number of urea groups is 1. The van der Waals surface area contributed by atoms with Crippen molar-refractivity contribution >= 4 is 40.9 Å². The molecule has 3 rings (SSSR count). The number of nitrogens with one attached hydrogen (secondary N) is 2. The van der Waals surface area contributed by atoms with Gasteiger partial charge in [0.25, 0.3) is 0 Å². The summed E-state index contributed by atoms with van der Waals surface area (Å²) >= 11 is 1.50. The van der Waals surface area contributed by atoms with E-state index in [9.17, 15) is 9.59 Å². The van der Waals surface area contributed by atoms with Crippen LogP contribution in [0.4, 0.5) is 22.0 Å². The van der Waals surface area contributed by atoms with Crippen LogP contribution >= 0.6 is 11.8 Å². The number of amides is 3. The van der Waals surface area contributed by atoms with Crippen LogP contribution in [0.3, 0.4) is 0 Å². The monoisotopic (exact) mass is 328 g/mol. The topological polar surface area (TPSA) is 74.3 Å².